The Bertz CT molecular complexity index is 375. The molecule has 0 spiro atoms. The van der Waals surface area contributed by atoms with E-state index >= 15 is 0 Å². The minimum Gasteiger partial charge on any atom is -0.495 e. The van der Waals surface area contributed by atoms with Gasteiger partial charge >= 0.3 is 0 Å². The number of hydrogen-bond acceptors (Lipinski definition) is 3. The molecule has 3 heteroatoms. The van der Waals surface area contributed by atoms with E-state index in [1.807, 2.05) is 6.07 Å². The molecular weight excluding hydrogens is 224 g/mol. The minimum atomic E-state index is 0.196. The molecule has 0 atom stereocenters. The van der Waals surface area contributed by atoms with Gasteiger partial charge in [-0.1, -0.05) is 26.8 Å². The second-order valence-corrected chi connectivity index (χ2v) is 5.44. The van der Waals surface area contributed by atoms with Crippen LogP contribution < -0.4 is 15.8 Å². The van der Waals surface area contributed by atoms with Crippen molar-refractivity contribution in [1.82, 2.24) is 0 Å². The lowest BCUT2D eigenvalue weighted by molar-refractivity contribution is 0.363. The third-order valence-electron chi connectivity index (χ3n) is 3.25. The Labute approximate surface area is 111 Å². The highest BCUT2D eigenvalue weighted by Gasteiger charge is 2.17. The van der Waals surface area contributed by atoms with Crippen LogP contribution >= 0.6 is 0 Å². The lowest BCUT2D eigenvalue weighted by atomic mass is 9.89. The van der Waals surface area contributed by atoms with E-state index in [9.17, 15) is 0 Å². The molecule has 0 aromatic heterocycles. The number of hydrogen-bond donors (Lipinski definition) is 2. The molecule has 0 aliphatic rings. The van der Waals surface area contributed by atoms with Crippen LogP contribution in [0.15, 0.2) is 18.2 Å². The molecule has 0 saturated heterocycles. The summed E-state index contributed by atoms with van der Waals surface area (Å²) < 4.78 is 5.38. The van der Waals surface area contributed by atoms with Crippen molar-refractivity contribution in [3.63, 3.8) is 0 Å². The van der Waals surface area contributed by atoms with Crippen molar-refractivity contribution >= 4 is 5.69 Å². The Kier molecular flexibility index (Phi) is 5.48. The molecule has 0 aliphatic carbocycles. The predicted molar refractivity (Wildman–Crippen MR) is 78.3 cm³/mol. The first-order valence-electron chi connectivity index (χ1n) is 6.63. The summed E-state index contributed by atoms with van der Waals surface area (Å²) in [6.07, 6.45) is 2.04. The van der Waals surface area contributed by atoms with Crippen LogP contribution in [0.5, 0.6) is 5.75 Å². The van der Waals surface area contributed by atoms with Gasteiger partial charge in [0.05, 0.1) is 12.8 Å². The summed E-state index contributed by atoms with van der Waals surface area (Å²) >= 11 is 0. The van der Waals surface area contributed by atoms with Gasteiger partial charge in [-0.15, -0.1) is 0 Å². The molecule has 1 aromatic rings. The Balaban J connectivity index is 2.76. The second kappa shape index (κ2) is 6.64. The lowest BCUT2D eigenvalue weighted by Gasteiger charge is -2.25. The van der Waals surface area contributed by atoms with E-state index in [1.54, 1.807) is 7.11 Å². The highest BCUT2D eigenvalue weighted by atomic mass is 16.5. The Morgan fingerprint density at radius 2 is 2.06 bits per heavy atom. The number of methoxy groups -OCH3 is 1. The molecule has 0 unspecified atom stereocenters. The molecule has 3 N–H and O–H groups in total. The molecule has 0 aliphatic heterocycles. The zero-order valence-electron chi connectivity index (χ0n) is 12.0. The Morgan fingerprint density at radius 3 is 2.61 bits per heavy atom. The maximum Gasteiger partial charge on any atom is 0.141 e. The Hall–Kier alpha value is -1.22. The predicted octanol–water partition coefficient (Wildman–Crippen LogP) is 3.04. The number of benzene rings is 1. The highest BCUT2D eigenvalue weighted by molar-refractivity contribution is 5.58. The summed E-state index contributed by atoms with van der Waals surface area (Å²) in [6.45, 7) is 8.23. The molecule has 18 heavy (non-hydrogen) atoms. The van der Waals surface area contributed by atoms with Crippen molar-refractivity contribution in [2.45, 2.75) is 33.6 Å². The summed E-state index contributed by atoms with van der Waals surface area (Å²) in [5, 5.41) is 3.48. The number of anilines is 1. The van der Waals surface area contributed by atoms with Gasteiger partial charge in [-0.25, -0.2) is 0 Å². The van der Waals surface area contributed by atoms with Crippen molar-refractivity contribution < 1.29 is 4.74 Å². The maximum absolute atomic E-state index is 5.63. The molecule has 0 bridgehead atoms. The zero-order valence-corrected chi connectivity index (χ0v) is 12.0. The summed E-state index contributed by atoms with van der Waals surface area (Å²) in [4.78, 5) is 0. The molecule has 0 heterocycles. The summed E-state index contributed by atoms with van der Waals surface area (Å²) in [7, 11) is 1.71. The van der Waals surface area contributed by atoms with E-state index in [-0.39, 0.29) is 5.41 Å². The van der Waals surface area contributed by atoms with Crippen LogP contribution in [0.25, 0.3) is 0 Å². The van der Waals surface area contributed by atoms with Crippen molar-refractivity contribution in [3.05, 3.63) is 23.8 Å². The summed E-state index contributed by atoms with van der Waals surface area (Å²) in [5.41, 5.74) is 8.22. The normalized spacial score (nSPS) is 11.4. The van der Waals surface area contributed by atoms with E-state index in [2.05, 4.69) is 38.2 Å². The average molecular weight is 250 g/mol. The van der Waals surface area contributed by atoms with E-state index in [0.29, 0.717) is 0 Å². The fourth-order valence-corrected chi connectivity index (χ4v) is 1.93. The van der Waals surface area contributed by atoms with Crippen LogP contribution in [0.2, 0.25) is 0 Å². The van der Waals surface area contributed by atoms with Gasteiger partial charge < -0.3 is 15.8 Å². The van der Waals surface area contributed by atoms with Gasteiger partial charge in [0.1, 0.15) is 5.75 Å². The van der Waals surface area contributed by atoms with Crippen molar-refractivity contribution in [2.75, 3.05) is 25.5 Å². The van der Waals surface area contributed by atoms with Gasteiger partial charge in [-0.05, 0) is 42.5 Å². The third kappa shape index (κ3) is 4.22. The van der Waals surface area contributed by atoms with Crippen LogP contribution in [-0.2, 0) is 6.42 Å². The average Bonchev–Trinajstić information content (AvgIpc) is 2.36. The SMILES string of the molecule is CCc1ccc(OC)c(NCC(C)(C)CCN)c1. The quantitative estimate of drug-likeness (QED) is 0.782. The number of aryl methyl sites for hydroxylation is 1. The van der Waals surface area contributed by atoms with Crippen molar-refractivity contribution in [3.8, 4) is 5.75 Å². The fourth-order valence-electron chi connectivity index (χ4n) is 1.93. The van der Waals surface area contributed by atoms with Crippen LogP contribution in [0.3, 0.4) is 0 Å². The van der Waals surface area contributed by atoms with Gasteiger partial charge in [-0.2, -0.15) is 0 Å². The minimum absolute atomic E-state index is 0.196. The molecule has 0 saturated carbocycles. The summed E-state index contributed by atoms with van der Waals surface area (Å²) in [5.74, 6) is 0.899. The van der Waals surface area contributed by atoms with Crippen molar-refractivity contribution in [2.24, 2.45) is 11.1 Å². The van der Waals surface area contributed by atoms with Gasteiger partial charge in [0, 0.05) is 6.54 Å². The molecule has 0 fully saturated rings. The van der Waals surface area contributed by atoms with Crippen LogP contribution in [0.4, 0.5) is 5.69 Å². The number of ether oxygens (including phenoxy) is 1. The van der Waals surface area contributed by atoms with Crippen LogP contribution in [0.1, 0.15) is 32.8 Å². The first-order chi connectivity index (χ1) is 8.52. The van der Waals surface area contributed by atoms with Gasteiger partial charge in [-0.3, -0.25) is 0 Å². The largest absolute Gasteiger partial charge is 0.495 e. The van der Waals surface area contributed by atoms with Crippen LogP contribution in [0, 0.1) is 5.41 Å². The van der Waals surface area contributed by atoms with E-state index < -0.39 is 0 Å². The van der Waals surface area contributed by atoms with E-state index in [4.69, 9.17) is 10.5 Å². The van der Waals surface area contributed by atoms with E-state index in [1.165, 1.54) is 5.56 Å². The molecule has 3 nitrogen and oxygen atoms in total. The maximum atomic E-state index is 5.63. The standard InChI is InChI=1S/C15H26N2O/c1-5-12-6-7-14(18-4)13(10-12)17-11-15(2,3)8-9-16/h6-7,10,17H,5,8-9,11,16H2,1-4H3. The van der Waals surface area contributed by atoms with Crippen molar-refractivity contribution in [1.29, 1.82) is 0 Å². The molecule has 1 aromatic carbocycles. The third-order valence-corrected chi connectivity index (χ3v) is 3.25. The van der Waals surface area contributed by atoms with Gasteiger partial charge in [0.2, 0.25) is 0 Å². The van der Waals surface area contributed by atoms with Gasteiger partial charge in [0.15, 0.2) is 0 Å². The first-order valence-corrected chi connectivity index (χ1v) is 6.63. The van der Waals surface area contributed by atoms with Crippen LogP contribution in [-0.4, -0.2) is 20.2 Å². The van der Waals surface area contributed by atoms with E-state index in [0.717, 1.165) is 37.4 Å². The lowest BCUT2D eigenvalue weighted by Crippen LogP contribution is -2.26. The smallest absolute Gasteiger partial charge is 0.141 e. The number of nitrogens with one attached hydrogen (secondary N) is 1. The number of rotatable bonds is 7. The highest BCUT2D eigenvalue weighted by Crippen LogP contribution is 2.28. The zero-order chi connectivity index (χ0) is 13.6. The Morgan fingerprint density at radius 1 is 1.33 bits per heavy atom. The summed E-state index contributed by atoms with van der Waals surface area (Å²) in [6, 6.07) is 6.30. The molecular formula is C15H26N2O. The molecule has 0 amide bonds. The monoisotopic (exact) mass is 250 g/mol. The molecule has 102 valence electrons. The topological polar surface area (TPSA) is 47.3 Å². The fraction of sp³-hybridized carbons (Fsp3) is 0.600. The molecule has 0 radical (unpaired) electrons. The number of nitrogens with two attached hydrogens (primary N) is 1. The second-order valence-electron chi connectivity index (χ2n) is 5.44. The first kappa shape index (κ1) is 14.8. The van der Waals surface area contributed by atoms with Gasteiger partial charge in [0.25, 0.3) is 0 Å². The molecule has 1 rings (SSSR count).